The highest BCUT2D eigenvalue weighted by Gasteiger charge is 2.43. The highest BCUT2D eigenvalue weighted by molar-refractivity contribution is 5.82. The number of methoxy groups -OCH3 is 1. The molecule has 0 spiro atoms. The second-order valence-corrected chi connectivity index (χ2v) is 3.27. The van der Waals surface area contributed by atoms with Crippen LogP contribution in [0.1, 0.15) is 12.8 Å². The zero-order valence-corrected chi connectivity index (χ0v) is 7.50. The molecule has 1 rings (SSSR count). The summed E-state index contributed by atoms with van der Waals surface area (Å²) in [6.07, 6.45) is 0.434. The van der Waals surface area contributed by atoms with Gasteiger partial charge >= 0.3 is 11.9 Å². The Hall–Kier alpha value is -1.10. The van der Waals surface area contributed by atoms with E-state index in [0.29, 0.717) is 19.5 Å². The zero-order valence-electron chi connectivity index (χ0n) is 7.50. The largest absolute Gasteiger partial charge is 0.481 e. The van der Waals surface area contributed by atoms with E-state index >= 15 is 0 Å². The maximum Gasteiger partial charge on any atom is 0.311 e. The third-order valence-corrected chi connectivity index (χ3v) is 2.41. The van der Waals surface area contributed by atoms with Gasteiger partial charge in [-0.05, 0) is 13.0 Å². The summed E-state index contributed by atoms with van der Waals surface area (Å²) in [6.45, 7) is 0.987. The van der Waals surface area contributed by atoms with E-state index in [1.165, 1.54) is 7.11 Å². The Morgan fingerprint density at radius 1 is 1.62 bits per heavy atom. The van der Waals surface area contributed by atoms with Crippen LogP contribution in [0.5, 0.6) is 0 Å². The molecule has 1 aliphatic rings. The quantitative estimate of drug-likeness (QED) is 0.589. The maximum atomic E-state index is 11.0. The van der Waals surface area contributed by atoms with Gasteiger partial charge in [0.05, 0.1) is 18.9 Å². The lowest BCUT2D eigenvalue weighted by molar-refractivity contribution is -0.155. The molecule has 1 atom stereocenters. The molecule has 0 saturated carbocycles. The number of carboxylic acids is 1. The third-order valence-electron chi connectivity index (χ3n) is 2.41. The number of esters is 1. The van der Waals surface area contributed by atoms with E-state index < -0.39 is 17.4 Å². The van der Waals surface area contributed by atoms with Crippen molar-refractivity contribution < 1.29 is 19.4 Å². The van der Waals surface area contributed by atoms with Crippen LogP contribution >= 0.6 is 0 Å². The van der Waals surface area contributed by atoms with Gasteiger partial charge in [0.25, 0.3) is 0 Å². The van der Waals surface area contributed by atoms with E-state index in [4.69, 9.17) is 5.11 Å². The Morgan fingerprint density at radius 3 is 2.69 bits per heavy atom. The normalized spacial score (nSPS) is 27.2. The molecule has 0 radical (unpaired) electrons. The van der Waals surface area contributed by atoms with Crippen LogP contribution in [-0.4, -0.2) is 37.2 Å². The van der Waals surface area contributed by atoms with E-state index in [2.05, 4.69) is 10.1 Å². The first-order valence-electron chi connectivity index (χ1n) is 4.12. The van der Waals surface area contributed by atoms with Gasteiger partial charge < -0.3 is 15.2 Å². The van der Waals surface area contributed by atoms with E-state index in [1.807, 2.05) is 0 Å². The Bertz CT molecular complexity index is 220. The zero-order chi connectivity index (χ0) is 9.90. The molecule has 1 aliphatic heterocycles. The van der Waals surface area contributed by atoms with E-state index in [-0.39, 0.29) is 6.42 Å². The van der Waals surface area contributed by atoms with Crippen LogP contribution in [0.15, 0.2) is 0 Å². The molecule has 0 amide bonds. The fourth-order valence-electron chi connectivity index (χ4n) is 1.50. The average molecular weight is 187 g/mol. The molecule has 2 N–H and O–H groups in total. The molecule has 13 heavy (non-hydrogen) atoms. The summed E-state index contributed by atoms with van der Waals surface area (Å²) in [5, 5.41) is 11.9. The lowest BCUT2D eigenvalue weighted by atomic mass is 9.84. The Kier molecular flexibility index (Phi) is 2.87. The van der Waals surface area contributed by atoms with E-state index in [1.54, 1.807) is 0 Å². The summed E-state index contributed by atoms with van der Waals surface area (Å²) in [4.78, 5) is 21.9. The van der Waals surface area contributed by atoms with Crippen molar-refractivity contribution in [2.75, 3.05) is 20.2 Å². The smallest absolute Gasteiger partial charge is 0.311 e. The first-order chi connectivity index (χ1) is 6.10. The molecule has 0 aromatic heterocycles. The fourth-order valence-corrected chi connectivity index (χ4v) is 1.50. The topological polar surface area (TPSA) is 75.6 Å². The Morgan fingerprint density at radius 2 is 2.31 bits per heavy atom. The van der Waals surface area contributed by atoms with Crippen molar-refractivity contribution in [3.63, 3.8) is 0 Å². The number of carbonyl (C=O) groups is 2. The molecule has 1 fully saturated rings. The molecule has 5 nitrogen and oxygen atoms in total. The number of carbonyl (C=O) groups excluding carboxylic acids is 1. The number of rotatable bonds is 3. The molecule has 1 unspecified atom stereocenters. The van der Waals surface area contributed by atoms with Gasteiger partial charge in [-0.2, -0.15) is 0 Å². The fraction of sp³-hybridized carbons (Fsp3) is 0.750. The van der Waals surface area contributed by atoms with Crippen molar-refractivity contribution in [1.29, 1.82) is 0 Å². The van der Waals surface area contributed by atoms with Crippen LogP contribution in [0, 0.1) is 5.41 Å². The summed E-state index contributed by atoms with van der Waals surface area (Å²) in [5.41, 5.74) is -0.951. The molecular formula is C8H13NO4. The Labute approximate surface area is 76.1 Å². The minimum Gasteiger partial charge on any atom is -0.481 e. The van der Waals surface area contributed by atoms with Crippen LogP contribution in [-0.2, 0) is 14.3 Å². The summed E-state index contributed by atoms with van der Waals surface area (Å²) in [6, 6.07) is 0. The minimum atomic E-state index is -0.951. The van der Waals surface area contributed by atoms with Crippen molar-refractivity contribution in [3.8, 4) is 0 Å². The first-order valence-corrected chi connectivity index (χ1v) is 4.12. The molecule has 0 aromatic carbocycles. The molecule has 0 aromatic rings. The van der Waals surface area contributed by atoms with Crippen molar-refractivity contribution in [2.24, 2.45) is 5.41 Å². The number of aliphatic carboxylic acids is 1. The van der Waals surface area contributed by atoms with Gasteiger partial charge in [-0.15, -0.1) is 0 Å². The summed E-state index contributed by atoms with van der Waals surface area (Å²) in [5.74, 6) is -1.39. The highest BCUT2D eigenvalue weighted by atomic mass is 16.5. The van der Waals surface area contributed by atoms with Gasteiger partial charge in [0, 0.05) is 6.54 Å². The SMILES string of the molecule is COC(=O)CC1(C(=O)O)CCNC1. The number of hydrogen-bond acceptors (Lipinski definition) is 4. The minimum absolute atomic E-state index is 0.0498. The first kappa shape index (κ1) is 9.98. The molecule has 74 valence electrons. The standard InChI is InChI=1S/C8H13NO4/c1-13-6(10)4-8(7(11)12)2-3-9-5-8/h9H,2-5H2,1H3,(H,11,12). The molecule has 0 aliphatic carbocycles. The van der Waals surface area contributed by atoms with Crippen molar-refractivity contribution in [3.05, 3.63) is 0 Å². The molecular weight excluding hydrogens is 174 g/mol. The monoisotopic (exact) mass is 187 g/mol. The lowest BCUT2D eigenvalue weighted by Crippen LogP contribution is -2.35. The van der Waals surface area contributed by atoms with Gasteiger partial charge in [-0.3, -0.25) is 9.59 Å². The maximum absolute atomic E-state index is 11.0. The highest BCUT2D eigenvalue weighted by Crippen LogP contribution is 2.30. The number of hydrogen-bond donors (Lipinski definition) is 2. The molecule has 1 heterocycles. The van der Waals surface area contributed by atoms with Gasteiger partial charge in [-0.25, -0.2) is 0 Å². The number of carboxylic acid groups (broad SMARTS) is 1. The van der Waals surface area contributed by atoms with Crippen LogP contribution in [0.3, 0.4) is 0 Å². The lowest BCUT2D eigenvalue weighted by Gasteiger charge is -2.20. The van der Waals surface area contributed by atoms with E-state index in [9.17, 15) is 9.59 Å². The second kappa shape index (κ2) is 3.74. The molecule has 0 bridgehead atoms. The van der Waals surface area contributed by atoms with Gasteiger partial charge in [0.15, 0.2) is 0 Å². The number of ether oxygens (including phenoxy) is 1. The van der Waals surface area contributed by atoms with Crippen molar-refractivity contribution in [1.82, 2.24) is 5.32 Å². The van der Waals surface area contributed by atoms with Crippen molar-refractivity contribution >= 4 is 11.9 Å². The predicted octanol–water partition coefficient (Wildman–Crippen LogP) is -0.386. The van der Waals surface area contributed by atoms with Crippen LogP contribution in [0.4, 0.5) is 0 Å². The van der Waals surface area contributed by atoms with E-state index in [0.717, 1.165) is 0 Å². The average Bonchev–Trinajstić information content (AvgIpc) is 2.54. The Balaban J connectivity index is 2.68. The summed E-state index contributed by atoms with van der Waals surface area (Å²) in [7, 11) is 1.26. The van der Waals surface area contributed by atoms with Crippen LogP contribution in [0.25, 0.3) is 0 Å². The summed E-state index contributed by atoms with van der Waals surface area (Å²) < 4.78 is 4.46. The summed E-state index contributed by atoms with van der Waals surface area (Å²) >= 11 is 0. The molecule has 5 heteroatoms. The second-order valence-electron chi connectivity index (χ2n) is 3.27. The van der Waals surface area contributed by atoms with Crippen LogP contribution < -0.4 is 5.32 Å². The third kappa shape index (κ3) is 1.98. The van der Waals surface area contributed by atoms with Gasteiger partial charge in [0.2, 0.25) is 0 Å². The number of nitrogens with one attached hydrogen (secondary N) is 1. The van der Waals surface area contributed by atoms with Crippen molar-refractivity contribution in [2.45, 2.75) is 12.8 Å². The predicted molar refractivity (Wildman–Crippen MR) is 44.2 cm³/mol. The van der Waals surface area contributed by atoms with Crippen LogP contribution in [0.2, 0.25) is 0 Å². The van der Waals surface area contributed by atoms with Gasteiger partial charge in [0.1, 0.15) is 0 Å². The van der Waals surface area contributed by atoms with Gasteiger partial charge in [-0.1, -0.05) is 0 Å². The molecule has 1 saturated heterocycles.